The lowest BCUT2D eigenvalue weighted by atomic mass is 9.91. The van der Waals surface area contributed by atoms with E-state index in [0.717, 1.165) is 5.56 Å². The predicted octanol–water partition coefficient (Wildman–Crippen LogP) is 1.70. The van der Waals surface area contributed by atoms with Crippen LogP contribution in [0, 0.1) is 5.41 Å². The van der Waals surface area contributed by atoms with E-state index >= 15 is 0 Å². The molecule has 2 aromatic rings. The van der Waals surface area contributed by atoms with Crippen LogP contribution < -0.4 is 29.0 Å². The Morgan fingerprint density at radius 1 is 1.07 bits per heavy atom. The van der Waals surface area contributed by atoms with E-state index in [-0.39, 0.29) is 11.3 Å². The van der Waals surface area contributed by atoms with E-state index in [1.54, 1.807) is 25.3 Å². The molecule has 0 saturated carbocycles. The Morgan fingerprint density at radius 3 is 2.07 bits per heavy atom. The summed E-state index contributed by atoms with van der Waals surface area (Å²) in [7, 11) is 6.27. The quantitative estimate of drug-likeness (QED) is 0.776. The van der Waals surface area contributed by atoms with Gasteiger partial charge in [0.25, 0.3) is 5.56 Å². The van der Waals surface area contributed by atoms with Gasteiger partial charge in [-0.05, 0) is 23.8 Å². The second-order valence-corrected chi connectivity index (χ2v) is 8.09. The molecular weight excluding hydrogens is 366 g/mol. The van der Waals surface area contributed by atoms with Crippen LogP contribution in [0.4, 0.5) is 0 Å². The van der Waals surface area contributed by atoms with Crippen LogP contribution in [0.3, 0.4) is 0 Å². The summed E-state index contributed by atoms with van der Waals surface area (Å²) in [6.45, 7) is 5.54. The third-order valence-corrected chi connectivity index (χ3v) is 5.15. The summed E-state index contributed by atoms with van der Waals surface area (Å²) in [4.78, 5) is 24.9. The summed E-state index contributed by atoms with van der Waals surface area (Å²) in [5, 5.41) is 0. The van der Waals surface area contributed by atoms with Crippen LogP contribution in [0.15, 0.2) is 16.9 Å². The minimum Gasteiger partial charge on any atom is -0.493 e. The summed E-state index contributed by atoms with van der Waals surface area (Å²) < 4.78 is 18.6. The lowest BCUT2D eigenvalue weighted by molar-refractivity contribution is -0.120. The van der Waals surface area contributed by atoms with Crippen LogP contribution in [-0.4, -0.2) is 31.7 Å². The summed E-state index contributed by atoms with van der Waals surface area (Å²) in [5.41, 5.74) is 0.0690. The molecular formula is C20H25NO5S. The number of aromatic nitrogens is 1. The number of benzene rings is 1. The summed E-state index contributed by atoms with van der Waals surface area (Å²) in [6, 6.07) is 3.54. The molecule has 0 aliphatic carbocycles. The lowest BCUT2D eigenvalue weighted by Crippen LogP contribution is -2.30. The Kier molecular flexibility index (Phi) is 6.15. The number of carbonyl (C=O) groups is 1. The predicted molar refractivity (Wildman–Crippen MR) is 107 cm³/mol. The first-order valence-corrected chi connectivity index (χ1v) is 9.17. The fourth-order valence-electron chi connectivity index (χ4n) is 2.37. The van der Waals surface area contributed by atoms with Gasteiger partial charge in [0.2, 0.25) is 5.75 Å². The molecule has 0 aliphatic rings. The fraction of sp³-hybridized carbons (Fsp3) is 0.400. The largest absolute Gasteiger partial charge is 0.493 e. The molecule has 0 aliphatic heterocycles. The van der Waals surface area contributed by atoms with Crippen LogP contribution in [0.1, 0.15) is 26.3 Å². The number of rotatable bonds is 5. The number of nitrogens with zero attached hydrogens (tertiary/aromatic N) is 1. The summed E-state index contributed by atoms with van der Waals surface area (Å²) in [5.74, 6) is 1.47. The zero-order valence-corrected chi connectivity index (χ0v) is 17.5. The van der Waals surface area contributed by atoms with Crippen molar-refractivity contribution in [2.75, 3.05) is 21.3 Å². The van der Waals surface area contributed by atoms with Gasteiger partial charge in [-0.1, -0.05) is 20.8 Å². The molecule has 27 heavy (non-hydrogen) atoms. The van der Waals surface area contributed by atoms with Crippen molar-refractivity contribution in [1.82, 2.24) is 4.57 Å². The highest BCUT2D eigenvalue weighted by Crippen LogP contribution is 2.38. The lowest BCUT2D eigenvalue weighted by Gasteiger charge is -2.12. The zero-order valence-electron chi connectivity index (χ0n) is 16.7. The molecule has 0 fully saturated rings. The molecule has 0 atom stereocenters. The Morgan fingerprint density at radius 2 is 1.63 bits per heavy atom. The molecule has 1 aromatic heterocycles. The van der Waals surface area contributed by atoms with Crippen LogP contribution in [-0.2, 0) is 11.8 Å². The highest BCUT2D eigenvalue weighted by Gasteiger charge is 2.19. The average molecular weight is 391 g/mol. The van der Waals surface area contributed by atoms with Crippen molar-refractivity contribution < 1.29 is 19.0 Å². The van der Waals surface area contributed by atoms with Crippen molar-refractivity contribution >= 4 is 29.3 Å². The highest BCUT2D eigenvalue weighted by atomic mass is 32.1. The maximum absolute atomic E-state index is 12.6. The maximum atomic E-state index is 12.6. The second kappa shape index (κ2) is 8.00. The van der Waals surface area contributed by atoms with Crippen molar-refractivity contribution in [2.45, 2.75) is 20.8 Å². The zero-order chi connectivity index (χ0) is 20.4. The minimum atomic E-state index is -0.499. The number of ether oxygens (including phenoxy) is 3. The van der Waals surface area contributed by atoms with Gasteiger partial charge in [0, 0.05) is 18.5 Å². The number of hydrogen-bond donors (Lipinski definition) is 0. The molecule has 6 nitrogen and oxygen atoms in total. The van der Waals surface area contributed by atoms with Crippen LogP contribution in [0.5, 0.6) is 17.2 Å². The Bertz CT molecular complexity index is 999. The summed E-state index contributed by atoms with van der Waals surface area (Å²) in [6.07, 6.45) is 3.27. The van der Waals surface area contributed by atoms with Gasteiger partial charge in [0.1, 0.15) is 4.66 Å². The van der Waals surface area contributed by atoms with Gasteiger partial charge in [0.15, 0.2) is 17.3 Å². The summed E-state index contributed by atoms with van der Waals surface area (Å²) >= 11 is 1.27. The number of hydrogen-bond acceptors (Lipinski definition) is 6. The molecule has 0 unspecified atom stereocenters. The standard InChI is InChI=1S/C20H25NO5S/c1-20(2,3)16(22)11-17-21(4)19(23)15(27-17)10-12-8-13(24-5)18(26-7)14(9-12)25-6/h8-11H,1-7H3/b15-10-,17-11-. The van der Waals surface area contributed by atoms with Crippen molar-refractivity contribution in [3.05, 3.63) is 37.2 Å². The SMILES string of the molecule is COc1cc(/C=c2\s/c(=C\C(=O)C(C)(C)C)n(C)c2=O)cc(OC)c1OC. The van der Waals surface area contributed by atoms with E-state index in [0.29, 0.717) is 26.4 Å². The van der Waals surface area contributed by atoms with E-state index in [1.807, 2.05) is 20.8 Å². The van der Waals surface area contributed by atoms with Gasteiger partial charge >= 0.3 is 0 Å². The molecule has 146 valence electrons. The van der Waals surface area contributed by atoms with E-state index in [4.69, 9.17) is 14.2 Å². The van der Waals surface area contributed by atoms with E-state index in [9.17, 15) is 9.59 Å². The smallest absolute Gasteiger partial charge is 0.268 e. The minimum absolute atomic E-state index is 0.0290. The van der Waals surface area contributed by atoms with Gasteiger partial charge in [-0.2, -0.15) is 0 Å². The number of Topliss-reactive ketones (excluding diaryl/α,β-unsaturated/α-hetero) is 1. The molecule has 0 N–H and O–H groups in total. The van der Waals surface area contributed by atoms with Crippen molar-refractivity contribution in [3.8, 4) is 17.2 Å². The molecule has 2 rings (SSSR count). The molecule has 0 amide bonds. The number of methoxy groups -OCH3 is 3. The molecule has 0 bridgehead atoms. The Labute approximate surface area is 162 Å². The first-order valence-electron chi connectivity index (χ1n) is 8.36. The van der Waals surface area contributed by atoms with Crippen molar-refractivity contribution in [2.24, 2.45) is 12.5 Å². The number of ketones is 1. The van der Waals surface area contributed by atoms with E-state index in [2.05, 4.69) is 0 Å². The van der Waals surface area contributed by atoms with Crippen molar-refractivity contribution in [3.63, 3.8) is 0 Å². The van der Waals surface area contributed by atoms with Crippen LogP contribution >= 0.6 is 11.3 Å². The van der Waals surface area contributed by atoms with Crippen LogP contribution in [0.2, 0.25) is 0 Å². The van der Waals surface area contributed by atoms with E-state index in [1.165, 1.54) is 43.3 Å². The van der Waals surface area contributed by atoms with Gasteiger partial charge in [-0.3, -0.25) is 9.59 Å². The normalized spacial score (nSPS) is 13.0. The van der Waals surface area contributed by atoms with E-state index < -0.39 is 5.41 Å². The second-order valence-electron chi connectivity index (χ2n) is 7.03. The number of thiazole rings is 1. The molecule has 0 spiro atoms. The fourth-order valence-corrected chi connectivity index (χ4v) is 3.40. The van der Waals surface area contributed by atoms with Crippen molar-refractivity contribution in [1.29, 1.82) is 0 Å². The average Bonchev–Trinajstić information content (AvgIpc) is 2.87. The molecule has 7 heteroatoms. The maximum Gasteiger partial charge on any atom is 0.268 e. The molecule has 1 heterocycles. The topological polar surface area (TPSA) is 66.8 Å². The highest BCUT2D eigenvalue weighted by molar-refractivity contribution is 7.07. The molecule has 0 radical (unpaired) electrons. The third-order valence-electron chi connectivity index (χ3n) is 4.04. The first-order chi connectivity index (χ1) is 12.6. The molecule has 1 aromatic carbocycles. The van der Waals surface area contributed by atoms with Gasteiger partial charge in [0.05, 0.1) is 25.9 Å². The Hall–Kier alpha value is -2.54. The first kappa shape index (κ1) is 20.8. The van der Waals surface area contributed by atoms with Gasteiger partial charge in [-0.15, -0.1) is 11.3 Å². The third kappa shape index (κ3) is 4.42. The number of carbonyl (C=O) groups excluding carboxylic acids is 1. The van der Waals surface area contributed by atoms with Gasteiger partial charge < -0.3 is 18.8 Å². The van der Waals surface area contributed by atoms with Gasteiger partial charge in [-0.25, -0.2) is 0 Å². The van der Waals surface area contributed by atoms with Crippen LogP contribution in [0.25, 0.3) is 12.2 Å². The Balaban J connectivity index is 2.65. The molecule has 0 saturated heterocycles. The monoisotopic (exact) mass is 391 g/mol.